The van der Waals surface area contributed by atoms with E-state index in [9.17, 15) is 0 Å². The first kappa shape index (κ1) is 12.8. The normalized spacial score (nSPS) is 10.7. The highest BCUT2D eigenvalue weighted by atomic mass is 35.5. The van der Waals surface area contributed by atoms with Gasteiger partial charge in [-0.05, 0) is 24.1 Å². The number of pyridine rings is 1. The van der Waals surface area contributed by atoms with Crippen LogP contribution in [0.25, 0.3) is 10.8 Å². The minimum Gasteiger partial charge on any atom is -0.364 e. The second-order valence-corrected chi connectivity index (χ2v) is 4.90. The van der Waals surface area contributed by atoms with Gasteiger partial charge in [0.15, 0.2) is 11.0 Å². The summed E-state index contributed by atoms with van der Waals surface area (Å²) < 4.78 is 0. The molecule has 0 aliphatic carbocycles. The van der Waals surface area contributed by atoms with Crippen LogP contribution in [0.1, 0.15) is 11.1 Å². The van der Waals surface area contributed by atoms with E-state index in [-0.39, 0.29) is 0 Å². The second-order valence-electron chi connectivity index (χ2n) is 4.54. The molecule has 0 radical (unpaired) electrons. The summed E-state index contributed by atoms with van der Waals surface area (Å²) in [6, 6.07) is 9.82. The summed E-state index contributed by atoms with van der Waals surface area (Å²) >= 11 is 6.06. The molecular formula is C15H13ClN4. The van der Waals surface area contributed by atoms with Gasteiger partial charge in [0.1, 0.15) is 0 Å². The third-order valence-corrected chi connectivity index (χ3v) is 3.50. The predicted octanol–water partition coefficient (Wildman–Crippen LogP) is 3.60. The summed E-state index contributed by atoms with van der Waals surface area (Å²) in [5, 5.41) is 13.7. The molecule has 1 aromatic carbocycles. The van der Waals surface area contributed by atoms with Crippen molar-refractivity contribution in [3.8, 4) is 0 Å². The Morgan fingerprint density at radius 3 is 2.70 bits per heavy atom. The minimum absolute atomic E-state index is 0.422. The van der Waals surface area contributed by atoms with Crippen LogP contribution in [0.15, 0.2) is 42.7 Å². The van der Waals surface area contributed by atoms with Crippen LogP contribution in [0.3, 0.4) is 0 Å². The molecule has 0 atom stereocenters. The first-order valence-electron chi connectivity index (χ1n) is 6.30. The number of nitrogens with one attached hydrogen (secondary N) is 1. The van der Waals surface area contributed by atoms with Crippen molar-refractivity contribution in [2.24, 2.45) is 0 Å². The highest BCUT2D eigenvalue weighted by Crippen LogP contribution is 2.25. The van der Waals surface area contributed by atoms with E-state index >= 15 is 0 Å². The monoisotopic (exact) mass is 284 g/mol. The van der Waals surface area contributed by atoms with Gasteiger partial charge in [-0.3, -0.25) is 4.98 Å². The van der Waals surface area contributed by atoms with E-state index in [2.05, 4.69) is 20.5 Å². The molecule has 3 rings (SSSR count). The Balaban J connectivity index is 1.92. The quantitative estimate of drug-likeness (QED) is 0.798. The maximum atomic E-state index is 6.06. The number of rotatable bonds is 3. The number of aromatic nitrogens is 3. The smallest absolute Gasteiger partial charge is 0.159 e. The lowest BCUT2D eigenvalue weighted by Gasteiger charge is -2.10. The van der Waals surface area contributed by atoms with Gasteiger partial charge in [-0.15, -0.1) is 10.2 Å². The molecule has 0 aliphatic heterocycles. The summed E-state index contributed by atoms with van der Waals surface area (Å²) in [6.45, 7) is 2.71. The number of anilines is 1. The van der Waals surface area contributed by atoms with Crippen molar-refractivity contribution in [3.05, 3.63) is 59.0 Å². The number of hydrogen-bond acceptors (Lipinski definition) is 4. The number of halogens is 1. The van der Waals surface area contributed by atoms with Crippen molar-refractivity contribution in [3.63, 3.8) is 0 Å². The fourth-order valence-corrected chi connectivity index (χ4v) is 2.28. The van der Waals surface area contributed by atoms with Crippen LogP contribution < -0.4 is 5.32 Å². The first-order valence-corrected chi connectivity index (χ1v) is 6.68. The van der Waals surface area contributed by atoms with E-state index in [0.29, 0.717) is 11.7 Å². The fraction of sp³-hybridized carbons (Fsp3) is 0.133. The summed E-state index contributed by atoms with van der Waals surface area (Å²) in [4.78, 5) is 4.09. The van der Waals surface area contributed by atoms with Crippen LogP contribution >= 0.6 is 11.6 Å². The predicted molar refractivity (Wildman–Crippen MR) is 80.8 cm³/mol. The van der Waals surface area contributed by atoms with Crippen LogP contribution in [0.2, 0.25) is 5.15 Å². The lowest BCUT2D eigenvalue weighted by Crippen LogP contribution is -2.05. The Morgan fingerprint density at radius 1 is 1.10 bits per heavy atom. The fourth-order valence-electron chi connectivity index (χ4n) is 2.08. The number of fused-ring (bicyclic) bond motifs is 1. The number of nitrogens with zero attached hydrogens (tertiary/aromatic N) is 3. The number of hydrogen-bond donors (Lipinski definition) is 1. The third-order valence-electron chi connectivity index (χ3n) is 3.22. The molecule has 0 saturated carbocycles. The molecule has 3 aromatic rings. The standard InChI is InChI=1S/C15H13ClN4/c1-10-8-17-7-6-11(10)9-18-15-13-5-3-2-4-12(13)14(16)19-20-15/h2-8H,9H2,1H3,(H,18,20). The molecule has 0 amide bonds. The summed E-state index contributed by atoms with van der Waals surface area (Å²) in [5.74, 6) is 0.737. The third kappa shape index (κ3) is 2.42. The Hall–Kier alpha value is -2.20. The zero-order valence-corrected chi connectivity index (χ0v) is 11.7. The molecule has 100 valence electrons. The van der Waals surface area contributed by atoms with Crippen LogP contribution in [0.4, 0.5) is 5.82 Å². The Kier molecular flexibility index (Phi) is 3.48. The van der Waals surface area contributed by atoms with E-state index in [1.165, 1.54) is 5.56 Å². The maximum absolute atomic E-state index is 6.06. The number of aryl methyl sites for hydroxylation is 1. The van der Waals surface area contributed by atoms with Crippen LogP contribution in [-0.2, 0) is 6.54 Å². The molecule has 0 unspecified atom stereocenters. The molecule has 0 saturated heterocycles. The molecule has 0 bridgehead atoms. The Bertz CT molecular complexity index is 758. The van der Waals surface area contributed by atoms with Gasteiger partial charge in [-0.2, -0.15) is 0 Å². The first-order chi connectivity index (χ1) is 9.75. The van der Waals surface area contributed by atoms with Crippen molar-refractivity contribution in [1.29, 1.82) is 0 Å². The average Bonchev–Trinajstić information content (AvgIpc) is 2.48. The molecule has 1 N–H and O–H groups in total. The summed E-state index contributed by atoms with van der Waals surface area (Å²) in [5.41, 5.74) is 2.33. The van der Waals surface area contributed by atoms with Gasteiger partial charge in [0.05, 0.1) is 0 Å². The molecule has 0 fully saturated rings. The molecule has 2 heterocycles. The van der Waals surface area contributed by atoms with Gasteiger partial charge in [0.2, 0.25) is 0 Å². The Labute approximate surface area is 121 Å². The summed E-state index contributed by atoms with van der Waals surface area (Å²) in [7, 11) is 0. The second kappa shape index (κ2) is 5.43. The van der Waals surface area contributed by atoms with Gasteiger partial charge in [-0.25, -0.2) is 0 Å². The average molecular weight is 285 g/mol. The molecule has 4 nitrogen and oxygen atoms in total. The minimum atomic E-state index is 0.422. The van der Waals surface area contributed by atoms with Crippen molar-refractivity contribution < 1.29 is 0 Å². The molecular weight excluding hydrogens is 272 g/mol. The van der Waals surface area contributed by atoms with Gasteiger partial charge < -0.3 is 5.32 Å². The van der Waals surface area contributed by atoms with Gasteiger partial charge in [0, 0.05) is 29.7 Å². The molecule has 0 aliphatic rings. The van der Waals surface area contributed by atoms with E-state index in [1.807, 2.05) is 43.5 Å². The maximum Gasteiger partial charge on any atom is 0.159 e. The van der Waals surface area contributed by atoms with Crippen molar-refractivity contribution in [1.82, 2.24) is 15.2 Å². The van der Waals surface area contributed by atoms with E-state index in [1.54, 1.807) is 6.20 Å². The highest BCUT2D eigenvalue weighted by molar-refractivity contribution is 6.34. The van der Waals surface area contributed by atoms with Crippen LogP contribution in [-0.4, -0.2) is 15.2 Å². The zero-order chi connectivity index (χ0) is 13.9. The highest BCUT2D eigenvalue weighted by Gasteiger charge is 2.07. The molecule has 20 heavy (non-hydrogen) atoms. The summed E-state index contributed by atoms with van der Waals surface area (Å²) in [6.07, 6.45) is 3.64. The van der Waals surface area contributed by atoms with Gasteiger partial charge in [-0.1, -0.05) is 35.9 Å². The van der Waals surface area contributed by atoms with Crippen molar-refractivity contribution in [2.45, 2.75) is 13.5 Å². The zero-order valence-electron chi connectivity index (χ0n) is 11.0. The van der Waals surface area contributed by atoms with Crippen LogP contribution in [0, 0.1) is 6.92 Å². The van der Waals surface area contributed by atoms with Crippen molar-refractivity contribution >= 4 is 28.2 Å². The van der Waals surface area contributed by atoms with Crippen molar-refractivity contribution in [2.75, 3.05) is 5.32 Å². The molecule has 5 heteroatoms. The lowest BCUT2D eigenvalue weighted by molar-refractivity contribution is 1.01. The molecule has 0 spiro atoms. The molecule has 2 aromatic heterocycles. The van der Waals surface area contributed by atoms with E-state index in [4.69, 9.17) is 11.6 Å². The Morgan fingerprint density at radius 2 is 1.90 bits per heavy atom. The van der Waals surface area contributed by atoms with Gasteiger partial charge >= 0.3 is 0 Å². The number of benzene rings is 1. The lowest BCUT2D eigenvalue weighted by atomic mass is 10.1. The van der Waals surface area contributed by atoms with Crippen LogP contribution in [0.5, 0.6) is 0 Å². The topological polar surface area (TPSA) is 50.7 Å². The van der Waals surface area contributed by atoms with Gasteiger partial charge in [0.25, 0.3) is 0 Å². The SMILES string of the molecule is Cc1cnccc1CNc1nnc(Cl)c2ccccc12. The van der Waals surface area contributed by atoms with E-state index in [0.717, 1.165) is 22.2 Å². The van der Waals surface area contributed by atoms with E-state index < -0.39 is 0 Å². The largest absolute Gasteiger partial charge is 0.364 e.